The molecule has 2 rings (SSSR count). The van der Waals surface area contributed by atoms with Gasteiger partial charge in [0.05, 0.1) is 21.9 Å². The largest absolute Gasteiger partial charge is 0.452 e. The molecule has 5 heteroatoms. The van der Waals surface area contributed by atoms with Gasteiger partial charge in [-0.3, -0.25) is 4.98 Å². The molecule has 0 bridgehead atoms. The molecule has 1 heterocycles. The van der Waals surface area contributed by atoms with Crippen molar-refractivity contribution >= 4 is 28.9 Å². The van der Waals surface area contributed by atoms with E-state index < -0.39 is 0 Å². The first-order valence-corrected chi connectivity index (χ1v) is 5.25. The molecule has 0 radical (unpaired) electrons. The highest BCUT2D eigenvalue weighted by Crippen LogP contribution is 2.34. The third-order valence-electron chi connectivity index (χ3n) is 1.90. The van der Waals surface area contributed by atoms with E-state index in [9.17, 15) is 0 Å². The summed E-state index contributed by atoms with van der Waals surface area (Å²) in [5.74, 6) is 0.903. The Morgan fingerprint density at radius 1 is 1.19 bits per heavy atom. The number of aromatic nitrogens is 1. The number of nitrogen functional groups attached to an aromatic ring is 1. The maximum Gasteiger partial charge on any atom is 0.168 e. The Labute approximate surface area is 103 Å². The Morgan fingerprint density at radius 2 is 2.00 bits per heavy atom. The van der Waals surface area contributed by atoms with Crippen molar-refractivity contribution < 1.29 is 4.74 Å². The highest BCUT2D eigenvalue weighted by atomic mass is 35.5. The lowest BCUT2D eigenvalue weighted by atomic mass is 10.3. The second-order valence-corrected chi connectivity index (χ2v) is 3.94. The van der Waals surface area contributed by atoms with Crippen LogP contribution in [-0.4, -0.2) is 4.98 Å². The molecule has 3 nitrogen and oxygen atoms in total. The van der Waals surface area contributed by atoms with Crippen molar-refractivity contribution in [1.29, 1.82) is 0 Å². The van der Waals surface area contributed by atoms with Gasteiger partial charge in [-0.25, -0.2) is 0 Å². The molecule has 82 valence electrons. The molecule has 0 aliphatic rings. The summed E-state index contributed by atoms with van der Waals surface area (Å²) in [5.41, 5.74) is 6.21. The third kappa shape index (κ3) is 2.38. The number of pyridine rings is 1. The Balaban J connectivity index is 2.34. The molecule has 2 N–H and O–H groups in total. The molecule has 1 aromatic carbocycles. The maximum atomic E-state index is 5.96. The fourth-order valence-electron chi connectivity index (χ4n) is 1.20. The van der Waals surface area contributed by atoms with Crippen molar-refractivity contribution in [2.45, 2.75) is 0 Å². The molecule has 0 aliphatic carbocycles. The van der Waals surface area contributed by atoms with Crippen LogP contribution < -0.4 is 10.5 Å². The van der Waals surface area contributed by atoms with E-state index in [4.69, 9.17) is 33.7 Å². The van der Waals surface area contributed by atoms with E-state index in [-0.39, 0.29) is 0 Å². The summed E-state index contributed by atoms with van der Waals surface area (Å²) in [7, 11) is 0. The quantitative estimate of drug-likeness (QED) is 0.831. The first-order chi connectivity index (χ1) is 7.66. The Kier molecular flexibility index (Phi) is 3.17. The van der Waals surface area contributed by atoms with Crippen molar-refractivity contribution in [1.82, 2.24) is 4.98 Å². The zero-order valence-electron chi connectivity index (χ0n) is 8.15. The van der Waals surface area contributed by atoms with Gasteiger partial charge < -0.3 is 10.5 Å². The second kappa shape index (κ2) is 4.60. The van der Waals surface area contributed by atoms with Crippen LogP contribution in [0.25, 0.3) is 0 Å². The minimum atomic E-state index is 0.410. The molecule has 0 saturated heterocycles. The molecule has 0 amide bonds. The van der Waals surface area contributed by atoms with Crippen LogP contribution in [0.1, 0.15) is 0 Å². The number of nitrogens with two attached hydrogens (primary N) is 1. The second-order valence-electron chi connectivity index (χ2n) is 3.10. The minimum Gasteiger partial charge on any atom is -0.452 e. The Bertz CT molecular complexity index is 497. The van der Waals surface area contributed by atoms with Crippen molar-refractivity contribution in [3.05, 3.63) is 46.7 Å². The van der Waals surface area contributed by atoms with Crippen molar-refractivity contribution in [2.75, 3.05) is 5.73 Å². The first kappa shape index (κ1) is 11.0. The Hall–Kier alpha value is -1.45. The lowest BCUT2D eigenvalue weighted by Gasteiger charge is -2.09. The number of benzene rings is 1. The molecular formula is C11H8Cl2N2O. The van der Waals surface area contributed by atoms with E-state index in [1.165, 1.54) is 12.4 Å². The van der Waals surface area contributed by atoms with E-state index >= 15 is 0 Å². The first-order valence-electron chi connectivity index (χ1n) is 4.49. The lowest BCUT2D eigenvalue weighted by molar-refractivity contribution is 0.483. The smallest absolute Gasteiger partial charge is 0.168 e. The fourth-order valence-corrected chi connectivity index (χ4v) is 1.58. The van der Waals surface area contributed by atoms with Gasteiger partial charge in [-0.2, -0.15) is 0 Å². The zero-order chi connectivity index (χ0) is 11.5. The molecule has 0 unspecified atom stereocenters. The van der Waals surface area contributed by atoms with Gasteiger partial charge in [-0.15, -0.1) is 0 Å². The standard InChI is InChI=1S/C11H8Cl2N2O/c12-7-4-8(6-15-5-7)16-11-9(13)2-1-3-10(11)14/h1-6H,14H2. The van der Waals surface area contributed by atoms with Gasteiger partial charge in [0.15, 0.2) is 5.75 Å². The number of halogens is 2. The number of hydrogen-bond donors (Lipinski definition) is 1. The summed E-state index contributed by atoms with van der Waals surface area (Å²) in [6, 6.07) is 6.79. The van der Waals surface area contributed by atoms with Gasteiger partial charge in [0.1, 0.15) is 5.75 Å². The van der Waals surface area contributed by atoms with E-state index in [0.717, 1.165) is 0 Å². The lowest BCUT2D eigenvalue weighted by Crippen LogP contribution is -1.93. The van der Waals surface area contributed by atoms with Gasteiger partial charge in [0, 0.05) is 12.3 Å². The topological polar surface area (TPSA) is 48.1 Å². The van der Waals surface area contributed by atoms with Crippen LogP contribution in [0.5, 0.6) is 11.5 Å². The summed E-state index contributed by atoms with van der Waals surface area (Å²) in [6.07, 6.45) is 3.05. The average molecular weight is 255 g/mol. The number of para-hydroxylation sites is 1. The summed E-state index contributed by atoms with van der Waals surface area (Å²) >= 11 is 11.7. The summed E-state index contributed by atoms with van der Waals surface area (Å²) in [4.78, 5) is 3.90. The van der Waals surface area contributed by atoms with E-state index in [1.807, 2.05) is 0 Å². The van der Waals surface area contributed by atoms with Gasteiger partial charge >= 0.3 is 0 Å². The number of hydrogen-bond acceptors (Lipinski definition) is 3. The highest BCUT2D eigenvalue weighted by molar-refractivity contribution is 6.32. The molecule has 0 spiro atoms. The summed E-state index contributed by atoms with van der Waals surface area (Å²) in [5, 5.41) is 0.933. The van der Waals surface area contributed by atoms with Crippen LogP contribution in [0, 0.1) is 0 Å². The summed E-state index contributed by atoms with van der Waals surface area (Å²) in [6.45, 7) is 0. The van der Waals surface area contributed by atoms with Gasteiger partial charge in [-0.05, 0) is 12.1 Å². The zero-order valence-corrected chi connectivity index (χ0v) is 9.66. The van der Waals surface area contributed by atoms with Crippen LogP contribution in [0.4, 0.5) is 5.69 Å². The normalized spacial score (nSPS) is 10.1. The van der Waals surface area contributed by atoms with Crippen molar-refractivity contribution in [3.8, 4) is 11.5 Å². The highest BCUT2D eigenvalue weighted by Gasteiger charge is 2.07. The Morgan fingerprint density at radius 3 is 2.69 bits per heavy atom. The molecule has 0 aliphatic heterocycles. The molecule has 2 aromatic rings. The van der Waals surface area contributed by atoms with Crippen LogP contribution >= 0.6 is 23.2 Å². The van der Waals surface area contributed by atoms with Crippen molar-refractivity contribution in [2.24, 2.45) is 0 Å². The van der Waals surface area contributed by atoms with Crippen LogP contribution in [-0.2, 0) is 0 Å². The predicted molar refractivity (Wildman–Crippen MR) is 65.2 cm³/mol. The number of nitrogens with zero attached hydrogens (tertiary/aromatic N) is 1. The molecule has 0 fully saturated rings. The van der Waals surface area contributed by atoms with Gasteiger partial charge in [0.2, 0.25) is 0 Å². The molecule has 1 aromatic heterocycles. The van der Waals surface area contributed by atoms with Crippen LogP contribution in [0.2, 0.25) is 10.0 Å². The van der Waals surface area contributed by atoms with E-state index in [1.54, 1.807) is 24.3 Å². The van der Waals surface area contributed by atoms with E-state index in [0.29, 0.717) is 27.2 Å². The predicted octanol–water partition coefficient (Wildman–Crippen LogP) is 3.76. The van der Waals surface area contributed by atoms with Crippen LogP contribution in [0.15, 0.2) is 36.7 Å². The molecule has 0 saturated carbocycles. The number of ether oxygens (including phenoxy) is 1. The van der Waals surface area contributed by atoms with Gasteiger partial charge in [-0.1, -0.05) is 29.3 Å². The van der Waals surface area contributed by atoms with Crippen LogP contribution in [0.3, 0.4) is 0 Å². The molecule has 16 heavy (non-hydrogen) atoms. The monoisotopic (exact) mass is 254 g/mol. The van der Waals surface area contributed by atoms with E-state index in [2.05, 4.69) is 4.98 Å². The third-order valence-corrected chi connectivity index (χ3v) is 2.40. The fraction of sp³-hybridized carbons (Fsp3) is 0. The average Bonchev–Trinajstić information content (AvgIpc) is 2.24. The van der Waals surface area contributed by atoms with Crippen molar-refractivity contribution in [3.63, 3.8) is 0 Å². The molecule has 0 atom stereocenters. The summed E-state index contributed by atoms with van der Waals surface area (Å²) < 4.78 is 5.52. The maximum absolute atomic E-state index is 5.96. The molecular weight excluding hydrogens is 247 g/mol. The number of rotatable bonds is 2. The minimum absolute atomic E-state index is 0.410. The SMILES string of the molecule is Nc1cccc(Cl)c1Oc1cncc(Cl)c1. The number of anilines is 1. The van der Waals surface area contributed by atoms with Gasteiger partial charge in [0.25, 0.3) is 0 Å².